The summed E-state index contributed by atoms with van der Waals surface area (Å²) in [6, 6.07) is 3.85. The number of rotatable bonds is 4. The van der Waals surface area contributed by atoms with Gasteiger partial charge in [-0.1, -0.05) is 41.5 Å². The van der Waals surface area contributed by atoms with Crippen LogP contribution in [0.3, 0.4) is 0 Å². The molecule has 3 heterocycles. The van der Waals surface area contributed by atoms with Crippen molar-refractivity contribution in [2.45, 2.75) is 52.4 Å². The first-order valence-electron chi connectivity index (χ1n) is 9.81. The van der Waals surface area contributed by atoms with E-state index in [9.17, 15) is 9.90 Å². The number of aromatic hydroxyl groups is 1. The molecule has 0 unspecified atom stereocenters. The molecule has 7 heteroatoms. The van der Waals surface area contributed by atoms with Crippen molar-refractivity contribution in [2.75, 3.05) is 26.4 Å². The number of phenolic OH excluding ortho intramolecular Hbond substituents is 1. The second-order valence-electron chi connectivity index (χ2n) is 9.95. The number of carbonyl (C=O) groups excluding carboxylic acids is 1. The van der Waals surface area contributed by atoms with Crippen molar-refractivity contribution in [3.05, 3.63) is 34.9 Å². The third-order valence-corrected chi connectivity index (χ3v) is 6.13. The van der Waals surface area contributed by atoms with E-state index in [1.165, 1.54) is 6.08 Å². The summed E-state index contributed by atoms with van der Waals surface area (Å²) < 4.78 is 21.7. The number of phenols is 1. The average Bonchev–Trinajstić information content (AvgIpc) is 2.65. The molecular weight excluding hydrogens is 391 g/mol. The molecule has 3 saturated heterocycles. The first-order valence-corrected chi connectivity index (χ1v) is 10.9. The number of fused-ring (bicyclic) bond motifs is 3. The van der Waals surface area contributed by atoms with Gasteiger partial charge in [0.15, 0.2) is 0 Å². The van der Waals surface area contributed by atoms with E-state index >= 15 is 0 Å². The normalized spacial score (nSPS) is 24.8. The molecule has 3 fully saturated rings. The molecule has 1 aromatic carbocycles. The van der Waals surface area contributed by atoms with Gasteiger partial charge in [0.1, 0.15) is 12.4 Å². The Bertz CT molecular complexity index is 746. The Kier molecular flexibility index (Phi) is 6.13. The van der Waals surface area contributed by atoms with E-state index in [0.717, 1.165) is 16.7 Å². The van der Waals surface area contributed by atoms with E-state index in [1.807, 2.05) is 12.1 Å². The molecule has 160 valence electrons. The first-order chi connectivity index (χ1) is 13.4. The second kappa shape index (κ2) is 7.99. The molecule has 6 nitrogen and oxygen atoms in total. The van der Waals surface area contributed by atoms with Crippen LogP contribution in [0.25, 0.3) is 6.08 Å². The topological polar surface area (TPSA) is 74.2 Å². The number of hydrogen-bond donors (Lipinski definition) is 1. The zero-order chi connectivity index (χ0) is 21.4. The van der Waals surface area contributed by atoms with Gasteiger partial charge >= 0.3 is 14.6 Å². The fourth-order valence-electron chi connectivity index (χ4n) is 3.26. The Morgan fingerprint density at radius 2 is 1.55 bits per heavy atom. The third kappa shape index (κ3) is 5.18. The molecule has 0 spiro atoms. The Morgan fingerprint density at radius 3 is 2.00 bits per heavy atom. The Hall–Kier alpha value is -1.46. The van der Waals surface area contributed by atoms with Crippen LogP contribution in [0.15, 0.2) is 18.2 Å². The van der Waals surface area contributed by atoms with E-state index in [4.69, 9.17) is 18.3 Å². The molecule has 1 aromatic rings. The smallest absolute Gasteiger partial charge is 0.332 e. The molecule has 2 bridgehead atoms. The molecule has 4 rings (SSSR count). The monoisotopic (exact) mass is 422 g/mol. The van der Waals surface area contributed by atoms with Crippen LogP contribution in [0.4, 0.5) is 0 Å². The summed E-state index contributed by atoms with van der Waals surface area (Å²) in [4.78, 5) is 12.3. The number of benzene rings is 1. The van der Waals surface area contributed by atoms with Crippen LogP contribution in [0.2, 0.25) is 0 Å². The molecule has 0 aliphatic carbocycles. The van der Waals surface area contributed by atoms with E-state index < -0.39 is 20.0 Å². The summed E-state index contributed by atoms with van der Waals surface area (Å²) >= 11 is 0. The van der Waals surface area contributed by atoms with Crippen LogP contribution in [0.1, 0.15) is 58.2 Å². The molecule has 1 N–H and O–H groups in total. The van der Waals surface area contributed by atoms with Crippen LogP contribution in [0, 0.1) is 5.41 Å². The van der Waals surface area contributed by atoms with Crippen LogP contribution in [-0.4, -0.2) is 37.5 Å². The van der Waals surface area contributed by atoms with Crippen molar-refractivity contribution in [3.63, 3.8) is 0 Å². The van der Waals surface area contributed by atoms with Gasteiger partial charge in [-0.05, 0) is 34.6 Å². The van der Waals surface area contributed by atoms with Crippen molar-refractivity contribution in [2.24, 2.45) is 5.41 Å². The van der Waals surface area contributed by atoms with Crippen molar-refractivity contribution in [1.82, 2.24) is 0 Å². The second-order valence-corrected chi connectivity index (χ2v) is 11.2. The van der Waals surface area contributed by atoms with Gasteiger partial charge in [-0.3, -0.25) is 0 Å². The average molecular weight is 422 g/mol. The van der Waals surface area contributed by atoms with Gasteiger partial charge in [0.25, 0.3) is 0 Å². The van der Waals surface area contributed by atoms with Crippen LogP contribution >= 0.6 is 8.60 Å². The van der Waals surface area contributed by atoms with Gasteiger partial charge in [0.05, 0.1) is 25.2 Å². The maximum atomic E-state index is 12.3. The SMILES string of the molecule is CC(C)(C)c1cc(/C=C/C(=O)OCC23COP(OC2)OC3)cc(C(C)(C)C)c1O. The highest BCUT2D eigenvalue weighted by Gasteiger charge is 2.45. The predicted molar refractivity (Wildman–Crippen MR) is 113 cm³/mol. The lowest BCUT2D eigenvalue weighted by molar-refractivity contribution is -0.151. The molecule has 0 radical (unpaired) electrons. The number of carbonyl (C=O) groups is 1. The molecule has 0 aromatic heterocycles. The van der Waals surface area contributed by atoms with Crippen molar-refractivity contribution in [1.29, 1.82) is 0 Å². The minimum Gasteiger partial charge on any atom is -0.507 e. The zero-order valence-electron chi connectivity index (χ0n) is 18.1. The minimum absolute atomic E-state index is 0.190. The lowest BCUT2D eigenvalue weighted by Crippen LogP contribution is -2.47. The van der Waals surface area contributed by atoms with Crippen LogP contribution < -0.4 is 0 Å². The Balaban J connectivity index is 1.74. The van der Waals surface area contributed by atoms with E-state index in [-0.39, 0.29) is 17.4 Å². The van der Waals surface area contributed by atoms with Gasteiger partial charge in [-0.25, -0.2) is 4.79 Å². The maximum absolute atomic E-state index is 12.3. The van der Waals surface area contributed by atoms with Gasteiger partial charge < -0.3 is 23.4 Å². The fraction of sp³-hybridized carbons (Fsp3) is 0.591. The van der Waals surface area contributed by atoms with Crippen molar-refractivity contribution in [3.8, 4) is 5.75 Å². The Morgan fingerprint density at radius 1 is 1.07 bits per heavy atom. The number of esters is 1. The van der Waals surface area contributed by atoms with E-state index in [0.29, 0.717) is 25.6 Å². The van der Waals surface area contributed by atoms with Crippen LogP contribution in [-0.2, 0) is 33.9 Å². The predicted octanol–water partition coefficient (Wildman–Crippen LogP) is 4.83. The molecule has 0 amide bonds. The molecular formula is C22H31O6P. The Labute approximate surface area is 174 Å². The molecule has 0 atom stereocenters. The van der Waals surface area contributed by atoms with Gasteiger partial charge in [-0.2, -0.15) is 0 Å². The minimum atomic E-state index is -1.20. The molecule has 3 aliphatic heterocycles. The van der Waals surface area contributed by atoms with Gasteiger partial charge in [0.2, 0.25) is 0 Å². The zero-order valence-corrected chi connectivity index (χ0v) is 19.0. The highest BCUT2D eigenvalue weighted by molar-refractivity contribution is 7.41. The third-order valence-electron chi connectivity index (χ3n) is 5.11. The highest BCUT2D eigenvalue weighted by atomic mass is 31.2. The summed E-state index contributed by atoms with van der Waals surface area (Å²) in [6.45, 7) is 14.0. The maximum Gasteiger partial charge on any atom is 0.332 e. The summed E-state index contributed by atoms with van der Waals surface area (Å²) in [5.41, 5.74) is 1.68. The lowest BCUT2D eigenvalue weighted by Gasteiger charge is -2.43. The molecule has 29 heavy (non-hydrogen) atoms. The number of hydrogen-bond acceptors (Lipinski definition) is 6. The lowest BCUT2D eigenvalue weighted by atomic mass is 9.78. The van der Waals surface area contributed by atoms with Crippen molar-refractivity contribution < 1.29 is 28.2 Å². The largest absolute Gasteiger partial charge is 0.507 e. The van der Waals surface area contributed by atoms with Crippen molar-refractivity contribution >= 4 is 20.6 Å². The summed E-state index contributed by atoms with van der Waals surface area (Å²) in [5.74, 6) is -0.112. The summed E-state index contributed by atoms with van der Waals surface area (Å²) in [5, 5.41) is 10.8. The summed E-state index contributed by atoms with van der Waals surface area (Å²) in [7, 11) is -1.20. The fourth-order valence-corrected chi connectivity index (χ4v) is 4.63. The first kappa shape index (κ1) is 22.2. The quantitative estimate of drug-likeness (QED) is 0.425. The highest BCUT2D eigenvalue weighted by Crippen LogP contribution is 2.53. The standard InChI is InChI=1S/C22H31O6P/c1-20(2,3)16-9-15(10-17(19(16)24)21(4,5)6)7-8-18(23)25-11-22-12-26-29(27-13-22)28-14-22/h7-10,24H,11-14H2,1-6H3/b8-7+. The van der Waals surface area contributed by atoms with Crippen LogP contribution in [0.5, 0.6) is 5.75 Å². The van der Waals surface area contributed by atoms with Gasteiger partial charge in [0, 0.05) is 17.2 Å². The molecule has 3 aliphatic rings. The van der Waals surface area contributed by atoms with E-state index in [2.05, 4.69) is 41.5 Å². The van der Waals surface area contributed by atoms with E-state index in [1.54, 1.807) is 6.08 Å². The number of ether oxygens (including phenoxy) is 1. The summed E-state index contributed by atoms with van der Waals surface area (Å²) in [6.07, 6.45) is 3.15. The van der Waals surface area contributed by atoms with Gasteiger partial charge in [-0.15, -0.1) is 0 Å². The molecule has 0 saturated carbocycles.